The Morgan fingerprint density at radius 3 is 1.96 bits per heavy atom. The van der Waals surface area contributed by atoms with Crippen LogP contribution >= 0.6 is 23.2 Å². The van der Waals surface area contributed by atoms with Gasteiger partial charge in [-0.05, 0) is 38.1 Å². The predicted molar refractivity (Wildman–Crippen MR) is 97.1 cm³/mol. The van der Waals surface area contributed by atoms with E-state index in [-0.39, 0.29) is 25.0 Å². The van der Waals surface area contributed by atoms with Crippen molar-refractivity contribution >= 4 is 35.0 Å². The molecular formula is C19H17Cl2NO3. The van der Waals surface area contributed by atoms with E-state index in [1.807, 2.05) is 0 Å². The molecule has 1 aliphatic rings. The van der Waals surface area contributed by atoms with Crippen LogP contribution in [0, 0.1) is 0 Å². The minimum atomic E-state index is -0.805. The summed E-state index contributed by atoms with van der Waals surface area (Å²) in [5, 5.41) is 1.04. The normalized spacial score (nSPS) is 14.2. The maximum absolute atomic E-state index is 12.6. The summed E-state index contributed by atoms with van der Waals surface area (Å²) in [7, 11) is 0. The molecule has 2 aromatic carbocycles. The van der Waals surface area contributed by atoms with Crippen molar-refractivity contribution in [2.45, 2.75) is 26.0 Å². The molecule has 0 bridgehead atoms. The van der Waals surface area contributed by atoms with Gasteiger partial charge in [0.25, 0.3) is 11.8 Å². The van der Waals surface area contributed by atoms with E-state index >= 15 is 0 Å². The SMILES string of the molecule is CC(C)(COCc1c(Cl)cccc1Cl)N1C(=O)c2ccccc2C1=O. The number of halogens is 2. The lowest BCUT2D eigenvalue weighted by molar-refractivity contribution is 0.0118. The number of nitrogens with zero attached hydrogens (tertiary/aromatic N) is 1. The van der Waals surface area contributed by atoms with E-state index in [1.165, 1.54) is 4.90 Å². The molecule has 0 N–H and O–H groups in total. The third-order valence-corrected chi connectivity index (χ3v) is 4.87. The van der Waals surface area contributed by atoms with Crippen LogP contribution in [-0.4, -0.2) is 28.9 Å². The first kappa shape index (κ1) is 17.9. The molecule has 4 nitrogen and oxygen atoms in total. The van der Waals surface area contributed by atoms with Gasteiger partial charge in [-0.25, -0.2) is 0 Å². The lowest BCUT2D eigenvalue weighted by atomic mass is 10.0. The third-order valence-electron chi connectivity index (χ3n) is 4.16. The Bertz CT molecular complexity index is 793. The largest absolute Gasteiger partial charge is 0.374 e. The maximum Gasteiger partial charge on any atom is 0.262 e. The molecule has 2 aromatic rings. The summed E-state index contributed by atoms with van der Waals surface area (Å²) in [6.45, 7) is 3.96. The van der Waals surface area contributed by atoms with Crippen molar-refractivity contribution in [3.8, 4) is 0 Å². The van der Waals surface area contributed by atoms with Crippen LogP contribution in [0.1, 0.15) is 40.1 Å². The van der Waals surface area contributed by atoms with E-state index in [9.17, 15) is 9.59 Å². The quantitative estimate of drug-likeness (QED) is 0.716. The Hall–Kier alpha value is -1.88. The molecule has 0 aromatic heterocycles. The predicted octanol–water partition coefficient (Wildman–Crippen LogP) is 4.58. The van der Waals surface area contributed by atoms with Crippen LogP contribution in [0.5, 0.6) is 0 Å². The fourth-order valence-corrected chi connectivity index (χ4v) is 3.38. The summed E-state index contributed by atoms with van der Waals surface area (Å²) >= 11 is 12.3. The Morgan fingerprint density at radius 2 is 1.44 bits per heavy atom. The lowest BCUT2D eigenvalue weighted by Gasteiger charge is -2.33. The number of fused-ring (bicyclic) bond motifs is 1. The molecule has 0 saturated heterocycles. The summed E-state index contributed by atoms with van der Waals surface area (Å²) in [6.07, 6.45) is 0. The molecule has 25 heavy (non-hydrogen) atoms. The summed E-state index contributed by atoms with van der Waals surface area (Å²) in [5.41, 5.74) is 0.731. The summed E-state index contributed by atoms with van der Waals surface area (Å²) in [6, 6.07) is 12.1. The average Bonchev–Trinajstić information content (AvgIpc) is 2.82. The van der Waals surface area contributed by atoms with E-state index < -0.39 is 5.54 Å². The number of rotatable bonds is 5. The minimum Gasteiger partial charge on any atom is -0.374 e. The Balaban J connectivity index is 1.73. The molecule has 0 unspecified atom stereocenters. The second-order valence-electron chi connectivity index (χ2n) is 6.50. The Morgan fingerprint density at radius 1 is 0.920 bits per heavy atom. The molecule has 0 radical (unpaired) electrons. The van der Waals surface area contributed by atoms with Crippen molar-refractivity contribution in [2.75, 3.05) is 6.61 Å². The number of benzene rings is 2. The molecule has 1 heterocycles. The van der Waals surface area contributed by atoms with Crippen LogP contribution in [0.3, 0.4) is 0 Å². The van der Waals surface area contributed by atoms with Gasteiger partial charge < -0.3 is 4.74 Å². The first-order valence-electron chi connectivity index (χ1n) is 7.81. The second-order valence-corrected chi connectivity index (χ2v) is 7.31. The topological polar surface area (TPSA) is 46.6 Å². The highest BCUT2D eigenvalue weighted by Crippen LogP contribution is 2.30. The van der Waals surface area contributed by atoms with Gasteiger partial charge in [0, 0.05) is 15.6 Å². The van der Waals surface area contributed by atoms with Gasteiger partial charge in [-0.1, -0.05) is 41.4 Å². The summed E-state index contributed by atoms with van der Waals surface area (Å²) in [5.74, 6) is -0.602. The zero-order valence-electron chi connectivity index (χ0n) is 13.9. The number of hydrogen-bond acceptors (Lipinski definition) is 3. The minimum absolute atomic E-state index is 0.167. The van der Waals surface area contributed by atoms with E-state index in [0.29, 0.717) is 26.7 Å². The van der Waals surface area contributed by atoms with Crippen LogP contribution < -0.4 is 0 Å². The number of carbonyl (C=O) groups excluding carboxylic acids is 2. The highest BCUT2D eigenvalue weighted by molar-refractivity contribution is 6.35. The standard InChI is InChI=1S/C19H17Cl2NO3/c1-19(2,11-25-10-14-15(20)8-5-9-16(14)21)22-17(23)12-6-3-4-7-13(12)18(22)24/h3-9H,10-11H2,1-2H3. The number of ether oxygens (including phenoxy) is 1. The van der Waals surface area contributed by atoms with Crippen LogP contribution in [0.15, 0.2) is 42.5 Å². The molecule has 6 heteroatoms. The highest BCUT2D eigenvalue weighted by Gasteiger charge is 2.44. The van der Waals surface area contributed by atoms with Crippen molar-refractivity contribution in [2.24, 2.45) is 0 Å². The van der Waals surface area contributed by atoms with Crippen molar-refractivity contribution in [3.05, 3.63) is 69.2 Å². The number of hydrogen-bond donors (Lipinski definition) is 0. The molecule has 0 spiro atoms. The van der Waals surface area contributed by atoms with Gasteiger partial charge in [0.05, 0.1) is 29.9 Å². The van der Waals surface area contributed by atoms with E-state index in [0.717, 1.165) is 0 Å². The first-order valence-corrected chi connectivity index (χ1v) is 8.57. The zero-order valence-corrected chi connectivity index (χ0v) is 15.4. The fourth-order valence-electron chi connectivity index (χ4n) is 2.88. The third kappa shape index (κ3) is 3.30. The van der Waals surface area contributed by atoms with Gasteiger partial charge in [0.2, 0.25) is 0 Å². The van der Waals surface area contributed by atoms with Gasteiger partial charge in [-0.15, -0.1) is 0 Å². The molecule has 2 amide bonds. The van der Waals surface area contributed by atoms with Crippen LogP contribution in [0.4, 0.5) is 0 Å². The van der Waals surface area contributed by atoms with Gasteiger partial charge in [0.1, 0.15) is 0 Å². The molecule has 0 saturated carbocycles. The molecular weight excluding hydrogens is 361 g/mol. The fraction of sp³-hybridized carbons (Fsp3) is 0.263. The molecule has 1 aliphatic heterocycles. The first-order chi connectivity index (χ1) is 11.8. The number of carbonyl (C=O) groups is 2. The zero-order chi connectivity index (χ0) is 18.2. The average molecular weight is 378 g/mol. The summed E-state index contributed by atoms with van der Waals surface area (Å²) < 4.78 is 5.74. The van der Waals surface area contributed by atoms with Gasteiger partial charge in [-0.2, -0.15) is 0 Å². The van der Waals surface area contributed by atoms with E-state index in [4.69, 9.17) is 27.9 Å². The highest BCUT2D eigenvalue weighted by atomic mass is 35.5. The lowest BCUT2D eigenvalue weighted by Crippen LogP contribution is -2.50. The van der Waals surface area contributed by atoms with Crippen molar-refractivity contribution in [1.82, 2.24) is 4.90 Å². The van der Waals surface area contributed by atoms with E-state index in [1.54, 1.807) is 56.3 Å². The molecule has 0 atom stereocenters. The molecule has 130 valence electrons. The second kappa shape index (κ2) is 6.79. The van der Waals surface area contributed by atoms with Crippen LogP contribution in [0.25, 0.3) is 0 Å². The van der Waals surface area contributed by atoms with Crippen LogP contribution in [0.2, 0.25) is 10.0 Å². The molecule has 0 fully saturated rings. The van der Waals surface area contributed by atoms with Gasteiger partial charge >= 0.3 is 0 Å². The number of amides is 2. The van der Waals surface area contributed by atoms with Gasteiger partial charge in [0.15, 0.2) is 0 Å². The van der Waals surface area contributed by atoms with Crippen molar-refractivity contribution in [1.29, 1.82) is 0 Å². The smallest absolute Gasteiger partial charge is 0.262 e. The Kier molecular flexibility index (Phi) is 4.87. The monoisotopic (exact) mass is 377 g/mol. The summed E-state index contributed by atoms with van der Waals surface area (Å²) in [4.78, 5) is 26.5. The van der Waals surface area contributed by atoms with Crippen LogP contribution in [-0.2, 0) is 11.3 Å². The van der Waals surface area contributed by atoms with Gasteiger partial charge in [-0.3, -0.25) is 14.5 Å². The number of imide groups is 1. The van der Waals surface area contributed by atoms with Crippen molar-refractivity contribution in [3.63, 3.8) is 0 Å². The Labute approximate surface area is 156 Å². The van der Waals surface area contributed by atoms with Crippen molar-refractivity contribution < 1.29 is 14.3 Å². The van der Waals surface area contributed by atoms with E-state index in [2.05, 4.69) is 0 Å². The molecule has 0 aliphatic carbocycles. The maximum atomic E-state index is 12.6. The molecule has 3 rings (SSSR count).